The van der Waals surface area contributed by atoms with Crippen LogP contribution in [0.25, 0.3) is 0 Å². The van der Waals surface area contributed by atoms with Crippen LogP contribution in [0.15, 0.2) is 0 Å². The molecule has 0 radical (unpaired) electrons. The number of nitrogens with zero attached hydrogens (tertiary/aromatic N) is 2. The van der Waals surface area contributed by atoms with Crippen LogP contribution >= 0.6 is 23.1 Å². The van der Waals surface area contributed by atoms with Crippen molar-refractivity contribution in [1.29, 1.82) is 0 Å². The second kappa shape index (κ2) is 7.21. The minimum atomic E-state index is -0.442. The molecule has 0 saturated carbocycles. The van der Waals surface area contributed by atoms with Crippen LogP contribution in [-0.4, -0.2) is 34.2 Å². The van der Waals surface area contributed by atoms with Gasteiger partial charge in [0.1, 0.15) is 10.0 Å². The molecular formula is C12H22N4OS2. The molecule has 1 rings (SSSR count). The lowest BCUT2D eigenvalue weighted by atomic mass is 9.98. The van der Waals surface area contributed by atoms with E-state index in [0.717, 1.165) is 15.8 Å². The highest BCUT2D eigenvalue weighted by Crippen LogP contribution is 2.25. The van der Waals surface area contributed by atoms with Crippen LogP contribution in [0.2, 0.25) is 0 Å². The average Bonchev–Trinajstić information content (AvgIpc) is 2.81. The number of hydrogen-bond donors (Lipinski definition) is 2. The highest BCUT2D eigenvalue weighted by molar-refractivity contribution is 7.98. The Bertz CT molecular complexity index is 414. The smallest absolute Gasteiger partial charge is 0.237 e. The number of aromatic nitrogens is 2. The molecule has 0 spiro atoms. The number of carbonyl (C=O) groups is 1. The molecule has 0 unspecified atom stereocenters. The zero-order valence-corrected chi connectivity index (χ0v) is 13.5. The van der Waals surface area contributed by atoms with Crippen LogP contribution in [0, 0.1) is 0 Å². The Balaban J connectivity index is 2.44. The lowest BCUT2D eigenvalue weighted by molar-refractivity contribution is -0.122. The van der Waals surface area contributed by atoms with Crippen LogP contribution in [-0.2, 0) is 16.8 Å². The van der Waals surface area contributed by atoms with Gasteiger partial charge in [-0.2, -0.15) is 11.8 Å². The van der Waals surface area contributed by atoms with Crippen LogP contribution in [0.5, 0.6) is 0 Å². The molecule has 19 heavy (non-hydrogen) atoms. The quantitative estimate of drug-likeness (QED) is 0.833. The lowest BCUT2D eigenvalue weighted by Gasteiger charge is -2.12. The first-order chi connectivity index (χ1) is 8.84. The van der Waals surface area contributed by atoms with Crippen molar-refractivity contribution < 1.29 is 4.79 Å². The summed E-state index contributed by atoms with van der Waals surface area (Å²) in [6.45, 7) is 6.68. The van der Waals surface area contributed by atoms with Gasteiger partial charge in [0.15, 0.2) is 0 Å². The van der Waals surface area contributed by atoms with Gasteiger partial charge in [-0.05, 0) is 18.4 Å². The fourth-order valence-corrected chi connectivity index (χ4v) is 2.62. The van der Waals surface area contributed by atoms with Gasteiger partial charge in [-0.3, -0.25) is 4.79 Å². The van der Waals surface area contributed by atoms with E-state index in [1.807, 2.05) is 6.26 Å². The molecule has 0 aliphatic carbocycles. The zero-order chi connectivity index (χ0) is 14.5. The van der Waals surface area contributed by atoms with Gasteiger partial charge in [0.05, 0.1) is 12.6 Å². The van der Waals surface area contributed by atoms with Gasteiger partial charge in [0, 0.05) is 5.41 Å². The van der Waals surface area contributed by atoms with Gasteiger partial charge in [-0.15, -0.1) is 10.2 Å². The maximum Gasteiger partial charge on any atom is 0.237 e. The van der Waals surface area contributed by atoms with Crippen LogP contribution < -0.4 is 11.1 Å². The Morgan fingerprint density at radius 3 is 2.68 bits per heavy atom. The topological polar surface area (TPSA) is 80.9 Å². The largest absolute Gasteiger partial charge is 0.348 e. The highest BCUT2D eigenvalue weighted by Gasteiger charge is 2.20. The normalized spacial score (nSPS) is 13.3. The number of rotatable bonds is 6. The third-order valence-corrected chi connectivity index (χ3v) is 4.48. The molecule has 7 heteroatoms. The second-order valence-electron chi connectivity index (χ2n) is 5.36. The van der Waals surface area contributed by atoms with Crippen molar-refractivity contribution >= 4 is 29.0 Å². The molecule has 1 aromatic heterocycles. The summed E-state index contributed by atoms with van der Waals surface area (Å²) in [4.78, 5) is 11.7. The SMILES string of the molecule is CSCC[C@H](N)C(=O)NCc1nnc(C(C)(C)C)s1. The van der Waals surface area contributed by atoms with Crippen molar-refractivity contribution in [2.24, 2.45) is 5.73 Å². The van der Waals surface area contributed by atoms with Gasteiger partial charge in [0.25, 0.3) is 0 Å². The van der Waals surface area contributed by atoms with E-state index < -0.39 is 6.04 Å². The summed E-state index contributed by atoms with van der Waals surface area (Å²) in [5.74, 6) is 0.767. The minimum absolute atomic E-state index is 0.00528. The zero-order valence-electron chi connectivity index (χ0n) is 11.9. The van der Waals surface area contributed by atoms with E-state index in [1.54, 1.807) is 11.8 Å². The van der Waals surface area contributed by atoms with E-state index in [2.05, 4.69) is 36.3 Å². The molecule has 108 valence electrons. The minimum Gasteiger partial charge on any atom is -0.348 e. The molecule has 0 aliphatic heterocycles. The Kier molecular flexibility index (Phi) is 6.22. The summed E-state index contributed by atoms with van der Waals surface area (Å²) in [6.07, 6.45) is 2.69. The number of nitrogens with one attached hydrogen (secondary N) is 1. The fraction of sp³-hybridized carbons (Fsp3) is 0.750. The van der Waals surface area contributed by atoms with Crippen LogP contribution in [0.3, 0.4) is 0 Å². The van der Waals surface area contributed by atoms with Gasteiger partial charge in [-0.1, -0.05) is 32.1 Å². The second-order valence-corrected chi connectivity index (χ2v) is 7.40. The van der Waals surface area contributed by atoms with Crippen molar-refractivity contribution in [3.63, 3.8) is 0 Å². The van der Waals surface area contributed by atoms with Crippen molar-refractivity contribution in [2.45, 2.75) is 45.2 Å². The number of hydrogen-bond acceptors (Lipinski definition) is 6. The molecular weight excluding hydrogens is 280 g/mol. The first-order valence-electron chi connectivity index (χ1n) is 6.19. The van der Waals surface area contributed by atoms with Crippen LogP contribution in [0.4, 0.5) is 0 Å². The molecule has 1 amide bonds. The number of thioether (sulfide) groups is 1. The summed E-state index contributed by atoms with van der Waals surface area (Å²) in [5.41, 5.74) is 5.78. The van der Waals surface area contributed by atoms with Crippen molar-refractivity contribution in [3.05, 3.63) is 10.0 Å². The van der Waals surface area contributed by atoms with E-state index in [0.29, 0.717) is 13.0 Å². The van der Waals surface area contributed by atoms with E-state index in [9.17, 15) is 4.79 Å². The molecule has 1 atom stereocenters. The van der Waals surface area contributed by atoms with E-state index in [4.69, 9.17) is 5.73 Å². The Labute approximate surface area is 122 Å². The summed E-state index contributed by atoms with van der Waals surface area (Å²) in [7, 11) is 0. The number of carbonyl (C=O) groups excluding carboxylic acids is 1. The van der Waals surface area contributed by atoms with Gasteiger partial charge >= 0.3 is 0 Å². The molecule has 0 saturated heterocycles. The first-order valence-corrected chi connectivity index (χ1v) is 8.40. The highest BCUT2D eigenvalue weighted by atomic mass is 32.2. The molecule has 0 aliphatic rings. The maximum atomic E-state index is 11.7. The predicted octanol–water partition coefficient (Wildman–Crippen LogP) is 1.53. The van der Waals surface area contributed by atoms with E-state index in [1.165, 1.54) is 11.3 Å². The summed E-state index contributed by atoms with van der Waals surface area (Å²) in [5, 5.41) is 12.8. The van der Waals surface area contributed by atoms with Crippen molar-refractivity contribution in [1.82, 2.24) is 15.5 Å². The monoisotopic (exact) mass is 302 g/mol. The maximum absolute atomic E-state index is 11.7. The first kappa shape index (κ1) is 16.4. The van der Waals surface area contributed by atoms with Gasteiger partial charge < -0.3 is 11.1 Å². The summed E-state index contributed by atoms with van der Waals surface area (Å²) >= 11 is 3.22. The molecule has 3 N–H and O–H groups in total. The van der Waals surface area contributed by atoms with E-state index in [-0.39, 0.29) is 11.3 Å². The molecule has 0 aromatic carbocycles. The molecule has 5 nitrogen and oxygen atoms in total. The van der Waals surface area contributed by atoms with Crippen LogP contribution in [0.1, 0.15) is 37.2 Å². The lowest BCUT2D eigenvalue weighted by Crippen LogP contribution is -2.40. The molecule has 1 heterocycles. The third-order valence-electron chi connectivity index (χ3n) is 2.49. The molecule has 0 bridgehead atoms. The van der Waals surface area contributed by atoms with E-state index >= 15 is 0 Å². The molecule has 0 fully saturated rings. The summed E-state index contributed by atoms with van der Waals surface area (Å²) < 4.78 is 0. The molecule has 1 aromatic rings. The van der Waals surface area contributed by atoms with Gasteiger partial charge in [-0.25, -0.2) is 0 Å². The standard InChI is InChI=1S/C12H22N4OS2/c1-12(2,3)11-16-15-9(19-11)7-14-10(17)8(13)5-6-18-4/h8H,5-7,13H2,1-4H3,(H,14,17)/t8-/m0/s1. The number of nitrogens with two attached hydrogens (primary N) is 1. The number of amides is 1. The van der Waals surface area contributed by atoms with Crippen molar-refractivity contribution in [2.75, 3.05) is 12.0 Å². The Hall–Kier alpha value is -0.660. The average molecular weight is 302 g/mol. The predicted molar refractivity (Wildman–Crippen MR) is 81.4 cm³/mol. The van der Waals surface area contributed by atoms with Crippen molar-refractivity contribution in [3.8, 4) is 0 Å². The summed E-state index contributed by atoms with van der Waals surface area (Å²) in [6, 6.07) is -0.442. The van der Waals surface area contributed by atoms with Gasteiger partial charge in [0.2, 0.25) is 5.91 Å². The fourth-order valence-electron chi connectivity index (χ4n) is 1.30. The Morgan fingerprint density at radius 1 is 1.47 bits per heavy atom. The third kappa shape index (κ3) is 5.46. The Morgan fingerprint density at radius 2 is 2.16 bits per heavy atom.